The van der Waals surface area contributed by atoms with Gasteiger partial charge in [-0.05, 0) is 12.0 Å². The highest BCUT2D eigenvalue weighted by atomic mass is 79.9. The summed E-state index contributed by atoms with van der Waals surface area (Å²) in [6.07, 6.45) is 2.10. The Hall–Kier alpha value is -0.480. The fraction of sp³-hybridized carbons (Fsp3) is 0.333. The van der Waals surface area contributed by atoms with E-state index in [1.807, 2.05) is 6.07 Å². The molecule has 0 N–H and O–H groups in total. The Morgan fingerprint density at radius 1 is 1.54 bits per heavy atom. The third kappa shape index (κ3) is 2.74. The summed E-state index contributed by atoms with van der Waals surface area (Å²) in [4.78, 5) is 10.8. The minimum atomic E-state index is 0.445. The normalized spacial score (nSPS) is 10.0. The van der Waals surface area contributed by atoms with Gasteiger partial charge < -0.3 is 12.8 Å². The Balaban J connectivity index is 2.98. The zero-order valence-electron chi connectivity index (χ0n) is 7.29. The van der Waals surface area contributed by atoms with Crippen molar-refractivity contribution in [2.24, 2.45) is 0 Å². The lowest BCUT2D eigenvalue weighted by molar-refractivity contribution is -0.262. The van der Waals surface area contributed by atoms with Gasteiger partial charge in [0.05, 0.1) is 0 Å². The Morgan fingerprint density at radius 3 is 2.69 bits per heavy atom. The van der Waals surface area contributed by atoms with Crippen molar-refractivity contribution >= 4 is 34.4 Å². The van der Waals surface area contributed by atoms with Gasteiger partial charge in [0.15, 0.2) is 0 Å². The summed E-state index contributed by atoms with van der Waals surface area (Å²) in [7, 11) is 0. The maximum Gasteiger partial charge on any atom is 0.239 e. The predicted molar refractivity (Wildman–Crippen MR) is 58.8 cm³/mol. The van der Waals surface area contributed by atoms with E-state index in [1.165, 1.54) is 5.56 Å². The van der Waals surface area contributed by atoms with Crippen LogP contribution in [-0.4, -0.2) is 4.17 Å². The van der Waals surface area contributed by atoms with Gasteiger partial charge in [-0.1, -0.05) is 39.5 Å². The molecule has 1 rings (SSSR count). The molecular weight excluding hydrogens is 250 g/mol. The number of rotatable bonds is 3. The highest BCUT2D eigenvalue weighted by Gasteiger charge is 2.05. The second-order valence-corrected chi connectivity index (χ2v) is 3.97. The third-order valence-corrected chi connectivity index (χ3v) is 2.72. The summed E-state index contributed by atoms with van der Waals surface area (Å²) in [6.45, 7) is 2.12. The molecule has 13 heavy (non-hydrogen) atoms. The van der Waals surface area contributed by atoms with E-state index in [2.05, 4.69) is 35.7 Å². The molecule has 1 aromatic rings. The first-order valence-electron chi connectivity index (χ1n) is 4.08. The molecule has 0 spiro atoms. The van der Waals surface area contributed by atoms with Gasteiger partial charge in [0.2, 0.25) is 5.69 Å². The van der Waals surface area contributed by atoms with Gasteiger partial charge in [0.25, 0.3) is 0 Å². The van der Waals surface area contributed by atoms with E-state index >= 15 is 0 Å². The number of benzene rings is 1. The van der Waals surface area contributed by atoms with Crippen molar-refractivity contribution in [3.63, 3.8) is 0 Å². The second-order valence-electron chi connectivity index (χ2n) is 2.78. The van der Waals surface area contributed by atoms with E-state index in [4.69, 9.17) is 0 Å². The van der Waals surface area contributed by atoms with Crippen molar-refractivity contribution < 1.29 is 4.17 Å². The van der Waals surface area contributed by atoms with Crippen molar-refractivity contribution in [3.8, 4) is 0 Å². The first-order chi connectivity index (χ1) is 6.15. The molecule has 4 heteroatoms. The number of nitroso groups, excluding NO2 is 1. The van der Waals surface area contributed by atoms with E-state index in [0.29, 0.717) is 9.85 Å². The predicted octanol–water partition coefficient (Wildman–Crippen LogP) is 3.27. The molecule has 70 valence electrons. The highest BCUT2D eigenvalue weighted by Crippen LogP contribution is 2.23. The van der Waals surface area contributed by atoms with Crippen LogP contribution in [0.15, 0.2) is 22.7 Å². The van der Waals surface area contributed by atoms with Crippen LogP contribution >= 0.6 is 15.9 Å². The summed E-state index contributed by atoms with van der Waals surface area (Å²) in [6, 6.07) is 5.43. The molecule has 0 aliphatic carbocycles. The van der Waals surface area contributed by atoms with Crippen LogP contribution in [0.1, 0.15) is 18.9 Å². The van der Waals surface area contributed by atoms with E-state index in [9.17, 15) is 4.91 Å². The maximum atomic E-state index is 10.8. The summed E-state index contributed by atoms with van der Waals surface area (Å²) >= 11 is 7.87. The molecule has 1 aromatic carbocycles. The smallest absolute Gasteiger partial charge is 0.239 e. The quantitative estimate of drug-likeness (QED) is 0.614. The molecule has 0 radical (unpaired) electrons. The SMILES string of the molecule is CCCc1ccc([N+](=O)[S-])cc1Br. The third-order valence-electron chi connectivity index (χ3n) is 1.77. The molecule has 0 aliphatic rings. The summed E-state index contributed by atoms with van der Waals surface area (Å²) in [5.41, 5.74) is 1.71. The zero-order chi connectivity index (χ0) is 9.84. The lowest BCUT2D eigenvalue weighted by Crippen LogP contribution is -1.90. The summed E-state index contributed by atoms with van der Waals surface area (Å²) < 4.78 is 1.40. The number of halogens is 1. The van der Waals surface area contributed by atoms with Crippen molar-refractivity contribution in [1.82, 2.24) is 0 Å². The van der Waals surface area contributed by atoms with Gasteiger partial charge in [0, 0.05) is 21.5 Å². The van der Waals surface area contributed by atoms with Crippen LogP contribution in [0.3, 0.4) is 0 Å². The van der Waals surface area contributed by atoms with E-state index in [1.54, 1.807) is 12.1 Å². The molecule has 0 saturated heterocycles. The summed E-state index contributed by atoms with van der Waals surface area (Å²) in [5, 5.41) is 0. The number of hydrogen-bond donors (Lipinski definition) is 0. The molecule has 0 aliphatic heterocycles. The largest absolute Gasteiger partial charge is 0.364 e. The Bertz CT molecular complexity index is 327. The van der Waals surface area contributed by atoms with Crippen LogP contribution in [0.4, 0.5) is 5.69 Å². The lowest BCUT2D eigenvalue weighted by Gasteiger charge is -2.02. The molecule has 0 fully saturated rings. The number of hydrogen-bond acceptors (Lipinski definition) is 2. The van der Waals surface area contributed by atoms with Gasteiger partial charge >= 0.3 is 0 Å². The molecule has 2 nitrogen and oxygen atoms in total. The second kappa shape index (κ2) is 4.67. The fourth-order valence-electron chi connectivity index (χ4n) is 1.12. The van der Waals surface area contributed by atoms with Crippen LogP contribution < -0.4 is 0 Å². The maximum absolute atomic E-state index is 10.8. The van der Waals surface area contributed by atoms with Crippen molar-refractivity contribution in [2.45, 2.75) is 19.8 Å². The standard InChI is InChI=1S/C9H10BrNOS/c1-2-3-7-4-5-8(11(12)13)6-9(7)10/h4-6H,2-3H2,1H3. The van der Waals surface area contributed by atoms with E-state index in [0.717, 1.165) is 17.3 Å². The topological polar surface area (TPSA) is 20.1 Å². The van der Waals surface area contributed by atoms with Crippen molar-refractivity contribution in [3.05, 3.63) is 33.1 Å². The minimum Gasteiger partial charge on any atom is -0.364 e. The molecule has 0 atom stereocenters. The first-order valence-corrected chi connectivity index (χ1v) is 5.23. The number of aryl methyl sites for hydroxylation is 1. The lowest BCUT2D eigenvalue weighted by atomic mass is 10.1. The van der Waals surface area contributed by atoms with Gasteiger partial charge in [-0.15, -0.1) is 0 Å². The monoisotopic (exact) mass is 259 g/mol. The Kier molecular flexibility index (Phi) is 3.81. The van der Waals surface area contributed by atoms with Crippen molar-refractivity contribution in [1.29, 1.82) is 0 Å². The first kappa shape index (κ1) is 10.6. The average Bonchev–Trinajstić information content (AvgIpc) is 2.08. The molecular formula is C9H10BrNOS. The van der Waals surface area contributed by atoms with Crippen LogP contribution in [0, 0.1) is 4.91 Å². The van der Waals surface area contributed by atoms with Gasteiger partial charge in [-0.2, -0.15) is 0 Å². The fourth-order valence-corrected chi connectivity index (χ4v) is 1.80. The molecule has 0 unspecified atom stereocenters. The molecule has 0 saturated carbocycles. The van der Waals surface area contributed by atoms with Crippen LogP contribution in [0.25, 0.3) is 0 Å². The minimum absolute atomic E-state index is 0.445. The van der Waals surface area contributed by atoms with Crippen molar-refractivity contribution in [2.75, 3.05) is 0 Å². The average molecular weight is 260 g/mol. The zero-order valence-corrected chi connectivity index (χ0v) is 9.69. The van der Waals surface area contributed by atoms with Gasteiger partial charge in [-0.25, -0.2) is 0 Å². The van der Waals surface area contributed by atoms with E-state index < -0.39 is 0 Å². The van der Waals surface area contributed by atoms with Crippen LogP contribution in [0.2, 0.25) is 0 Å². The van der Waals surface area contributed by atoms with Gasteiger partial charge in [0.1, 0.15) is 0 Å². The van der Waals surface area contributed by atoms with Gasteiger partial charge in [-0.3, -0.25) is 0 Å². The molecule has 0 heterocycles. The van der Waals surface area contributed by atoms with Crippen LogP contribution in [-0.2, 0) is 19.2 Å². The molecule has 0 amide bonds. The highest BCUT2D eigenvalue weighted by molar-refractivity contribution is 9.10. The Labute approximate surface area is 91.6 Å². The van der Waals surface area contributed by atoms with E-state index in [-0.39, 0.29) is 0 Å². The number of nitrogens with zero attached hydrogens (tertiary/aromatic N) is 1. The summed E-state index contributed by atoms with van der Waals surface area (Å²) in [5.74, 6) is 0. The molecule has 0 aromatic heterocycles. The Morgan fingerprint density at radius 2 is 2.23 bits per heavy atom. The van der Waals surface area contributed by atoms with Crippen LogP contribution in [0.5, 0.6) is 0 Å². The molecule has 0 bridgehead atoms.